The summed E-state index contributed by atoms with van der Waals surface area (Å²) in [5.74, 6) is -0.610. The van der Waals surface area contributed by atoms with Crippen molar-refractivity contribution in [2.75, 3.05) is 0 Å². The van der Waals surface area contributed by atoms with Gasteiger partial charge in [-0.05, 0) is 18.2 Å². The maximum absolute atomic E-state index is 12.7. The van der Waals surface area contributed by atoms with Gasteiger partial charge in [0.05, 0.1) is 6.33 Å². The number of nitrogens with zero attached hydrogens (tertiary/aromatic N) is 2. The van der Waals surface area contributed by atoms with E-state index in [4.69, 9.17) is 0 Å². The monoisotopic (exact) mass is 333 g/mol. The quantitative estimate of drug-likeness (QED) is 0.765. The standard InChI is InChI=1S/C17H14F3N3O/c18-17(19,20)24-16-7-2-1-6-13(16)14(15-10-21-11-23-15)9-12-5-3-4-8-22-12/h1-8,10-11,14H,9H2,(H,21,23)/t14-/m1/s1. The Hall–Kier alpha value is -2.83. The molecule has 0 aliphatic heterocycles. The zero-order chi connectivity index (χ0) is 17.0. The number of hydrogen-bond acceptors (Lipinski definition) is 3. The van der Waals surface area contributed by atoms with Crippen LogP contribution in [0, 0.1) is 0 Å². The number of rotatable bonds is 5. The molecule has 7 heteroatoms. The topological polar surface area (TPSA) is 50.8 Å². The summed E-state index contributed by atoms with van der Waals surface area (Å²) in [5, 5.41) is 0. The molecule has 0 spiro atoms. The smallest absolute Gasteiger partial charge is 0.405 e. The van der Waals surface area contributed by atoms with E-state index in [0.29, 0.717) is 17.7 Å². The van der Waals surface area contributed by atoms with Crippen LogP contribution >= 0.6 is 0 Å². The van der Waals surface area contributed by atoms with E-state index < -0.39 is 6.36 Å². The Balaban J connectivity index is 2.00. The highest BCUT2D eigenvalue weighted by atomic mass is 19.4. The van der Waals surface area contributed by atoms with E-state index in [2.05, 4.69) is 19.7 Å². The SMILES string of the molecule is FC(F)(F)Oc1ccccc1[C@@H](Cc1ccccn1)c1cnc[nH]1. The van der Waals surface area contributed by atoms with Crippen LogP contribution in [0.25, 0.3) is 0 Å². The number of pyridine rings is 1. The molecule has 0 unspecified atom stereocenters. The molecule has 0 bridgehead atoms. The number of imidazole rings is 1. The molecule has 124 valence electrons. The van der Waals surface area contributed by atoms with Gasteiger partial charge in [0.1, 0.15) is 5.75 Å². The fraction of sp³-hybridized carbons (Fsp3) is 0.176. The number of aromatic amines is 1. The van der Waals surface area contributed by atoms with Crippen molar-refractivity contribution in [3.05, 3.63) is 78.1 Å². The third-order valence-electron chi connectivity index (χ3n) is 3.55. The lowest BCUT2D eigenvalue weighted by Crippen LogP contribution is -2.19. The first-order valence-electron chi connectivity index (χ1n) is 7.26. The second kappa shape index (κ2) is 6.74. The molecule has 0 aliphatic rings. The van der Waals surface area contributed by atoms with Crippen molar-refractivity contribution >= 4 is 0 Å². The van der Waals surface area contributed by atoms with Gasteiger partial charge in [-0.25, -0.2) is 4.98 Å². The number of halogens is 3. The van der Waals surface area contributed by atoms with Crippen molar-refractivity contribution < 1.29 is 17.9 Å². The summed E-state index contributed by atoms with van der Waals surface area (Å²) in [7, 11) is 0. The van der Waals surface area contributed by atoms with Gasteiger partial charge in [0, 0.05) is 41.7 Å². The summed E-state index contributed by atoms with van der Waals surface area (Å²) in [6.45, 7) is 0. The van der Waals surface area contributed by atoms with Crippen LogP contribution in [0.5, 0.6) is 5.75 Å². The van der Waals surface area contributed by atoms with Crippen LogP contribution < -0.4 is 4.74 Å². The molecule has 1 N–H and O–H groups in total. The zero-order valence-corrected chi connectivity index (χ0v) is 12.5. The number of H-pyrrole nitrogens is 1. The van der Waals surface area contributed by atoms with E-state index in [0.717, 1.165) is 5.69 Å². The fourth-order valence-corrected chi connectivity index (χ4v) is 2.56. The molecule has 0 amide bonds. The van der Waals surface area contributed by atoms with Crippen LogP contribution in [0.15, 0.2) is 61.2 Å². The average molecular weight is 333 g/mol. The van der Waals surface area contributed by atoms with E-state index in [-0.39, 0.29) is 11.7 Å². The number of nitrogens with one attached hydrogen (secondary N) is 1. The lowest BCUT2D eigenvalue weighted by atomic mass is 9.90. The Kier molecular flexibility index (Phi) is 4.50. The molecule has 0 aliphatic carbocycles. The highest BCUT2D eigenvalue weighted by molar-refractivity contribution is 5.41. The first-order valence-corrected chi connectivity index (χ1v) is 7.26. The second-order valence-corrected chi connectivity index (χ2v) is 5.17. The van der Waals surface area contributed by atoms with Crippen LogP contribution in [0.2, 0.25) is 0 Å². The third-order valence-corrected chi connectivity index (χ3v) is 3.55. The van der Waals surface area contributed by atoms with E-state index in [1.807, 2.05) is 12.1 Å². The third kappa shape index (κ3) is 3.92. The minimum atomic E-state index is -4.75. The highest BCUT2D eigenvalue weighted by Gasteiger charge is 2.33. The minimum Gasteiger partial charge on any atom is -0.405 e. The first-order chi connectivity index (χ1) is 11.5. The van der Waals surface area contributed by atoms with Gasteiger partial charge >= 0.3 is 6.36 Å². The molecular formula is C17H14F3N3O. The Morgan fingerprint density at radius 3 is 2.54 bits per heavy atom. The predicted octanol–water partition coefficient (Wildman–Crippen LogP) is 4.08. The summed E-state index contributed by atoms with van der Waals surface area (Å²) < 4.78 is 42.3. The molecule has 0 radical (unpaired) electrons. The summed E-state index contributed by atoms with van der Waals surface area (Å²) in [5.41, 5.74) is 1.88. The van der Waals surface area contributed by atoms with Crippen molar-refractivity contribution in [3.8, 4) is 5.75 Å². The molecule has 4 nitrogen and oxygen atoms in total. The van der Waals surface area contributed by atoms with Crippen molar-refractivity contribution in [3.63, 3.8) is 0 Å². The number of aromatic nitrogens is 3. The lowest BCUT2D eigenvalue weighted by molar-refractivity contribution is -0.274. The minimum absolute atomic E-state index is 0.222. The first kappa shape index (κ1) is 16.0. The number of hydrogen-bond donors (Lipinski definition) is 1. The lowest BCUT2D eigenvalue weighted by Gasteiger charge is -2.20. The summed E-state index contributed by atoms with van der Waals surface area (Å²) in [4.78, 5) is 11.2. The number of benzene rings is 1. The normalized spacial score (nSPS) is 12.8. The number of ether oxygens (including phenoxy) is 1. The molecule has 2 aromatic heterocycles. The molecule has 0 fully saturated rings. The Morgan fingerprint density at radius 1 is 1.08 bits per heavy atom. The van der Waals surface area contributed by atoms with Gasteiger partial charge in [0.25, 0.3) is 0 Å². The molecule has 1 aromatic carbocycles. The van der Waals surface area contributed by atoms with Crippen molar-refractivity contribution in [2.24, 2.45) is 0 Å². The Bertz CT molecular complexity index is 773. The molecule has 3 rings (SSSR count). The van der Waals surface area contributed by atoms with Crippen LogP contribution in [-0.4, -0.2) is 21.3 Å². The van der Waals surface area contributed by atoms with E-state index in [1.165, 1.54) is 18.5 Å². The van der Waals surface area contributed by atoms with Gasteiger partial charge in [-0.3, -0.25) is 4.98 Å². The zero-order valence-electron chi connectivity index (χ0n) is 12.5. The fourth-order valence-electron chi connectivity index (χ4n) is 2.56. The van der Waals surface area contributed by atoms with E-state index >= 15 is 0 Å². The summed E-state index contributed by atoms with van der Waals surface area (Å²) >= 11 is 0. The van der Waals surface area contributed by atoms with E-state index in [9.17, 15) is 13.2 Å². The predicted molar refractivity (Wildman–Crippen MR) is 81.5 cm³/mol. The number of para-hydroxylation sites is 1. The van der Waals surface area contributed by atoms with Gasteiger partial charge in [-0.1, -0.05) is 24.3 Å². The van der Waals surface area contributed by atoms with Crippen molar-refractivity contribution in [1.82, 2.24) is 15.0 Å². The van der Waals surface area contributed by atoms with Gasteiger partial charge < -0.3 is 9.72 Å². The van der Waals surface area contributed by atoms with Gasteiger partial charge in [0.2, 0.25) is 0 Å². The van der Waals surface area contributed by atoms with Crippen LogP contribution in [-0.2, 0) is 6.42 Å². The molecule has 2 heterocycles. The van der Waals surface area contributed by atoms with Gasteiger partial charge in [0.15, 0.2) is 0 Å². The average Bonchev–Trinajstić information content (AvgIpc) is 3.07. The van der Waals surface area contributed by atoms with Crippen molar-refractivity contribution in [1.29, 1.82) is 0 Å². The van der Waals surface area contributed by atoms with Gasteiger partial charge in [-0.15, -0.1) is 13.2 Å². The molecular weight excluding hydrogens is 319 g/mol. The maximum Gasteiger partial charge on any atom is 0.573 e. The Labute approximate surface area is 136 Å². The highest BCUT2D eigenvalue weighted by Crippen LogP contribution is 2.35. The Morgan fingerprint density at radius 2 is 1.88 bits per heavy atom. The molecule has 24 heavy (non-hydrogen) atoms. The largest absolute Gasteiger partial charge is 0.573 e. The molecule has 0 saturated carbocycles. The van der Waals surface area contributed by atoms with Crippen LogP contribution in [0.4, 0.5) is 13.2 Å². The molecule has 1 atom stereocenters. The van der Waals surface area contributed by atoms with E-state index in [1.54, 1.807) is 30.6 Å². The molecule has 3 aromatic rings. The maximum atomic E-state index is 12.7. The summed E-state index contributed by atoms with van der Waals surface area (Å²) in [6.07, 6.45) is 0.407. The van der Waals surface area contributed by atoms with Crippen molar-refractivity contribution in [2.45, 2.75) is 18.7 Å². The summed E-state index contributed by atoms with van der Waals surface area (Å²) in [6, 6.07) is 11.6. The number of alkyl halides is 3. The van der Waals surface area contributed by atoms with Crippen LogP contribution in [0.1, 0.15) is 22.9 Å². The second-order valence-electron chi connectivity index (χ2n) is 5.17. The molecule has 0 saturated heterocycles. The van der Waals surface area contributed by atoms with Crippen LogP contribution in [0.3, 0.4) is 0 Å². The van der Waals surface area contributed by atoms with Gasteiger partial charge in [-0.2, -0.15) is 0 Å².